The Labute approximate surface area is 226 Å². The molecule has 1 fully saturated rings. The first-order valence-corrected chi connectivity index (χ1v) is 12.8. The van der Waals surface area contributed by atoms with Crippen molar-refractivity contribution in [1.29, 1.82) is 0 Å². The van der Waals surface area contributed by atoms with E-state index in [1.54, 1.807) is 54.6 Å². The van der Waals surface area contributed by atoms with Crippen LogP contribution in [0.5, 0.6) is 11.5 Å². The van der Waals surface area contributed by atoms with Gasteiger partial charge in [0, 0.05) is 12.1 Å². The number of halogens is 2. The number of rotatable bonds is 9. The van der Waals surface area contributed by atoms with E-state index in [0.717, 1.165) is 5.56 Å². The summed E-state index contributed by atoms with van der Waals surface area (Å²) in [5, 5.41) is 11.6. The van der Waals surface area contributed by atoms with E-state index in [9.17, 15) is 19.1 Å². The molecule has 0 spiro atoms. The number of aliphatic hydroxyl groups excluding tert-OH is 1. The second-order valence-electron chi connectivity index (χ2n) is 9.18. The highest BCUT2D eigenvalue weighted by molar-refractivity contribution is 6.47. The van der Waals surface area contributed by atoms with Crippen molar-refractivity contribution in [2.24, 2.45) is 0 Å². The van der Waals surface area contributed by atoms with Gasteiger partial charge in [0.05, 0.1) is 29.3 Å². The number of benzene rings is 3. The van der Waals surface area contributed by atoms with Gasteiger partial charge in [0.25, 0.3) is 11.7 Å². The van der Waals surface area contributed by atoms with Gasteiger partial charge in [0.15, 0.2) is 0 Å². The molecule has 6 nitrogen and oxygen atoms in total. The molecule has 1 heterocycles. The third-order valence-corrected chi connectivity index (χ3v) is 6.50. The Bertz CT molecular complexity index is 1350. The number of likely N-dealkylation sites (tertiary alicyclic amines) is 1. The van der Waals surface area contributed by atoms with Gasteiger partial charge in [-0.25, -0.2) is 4.39 Å². The number of nitrogens with zero attached hydrogens (tertiary/aromatic N) is 1. The average Bonchev–Trinajstić information content (AvgIpc) is 3.14. The first-order valence-electron chi connectivity index (χ1n) is 12.4. The number of aliphatic hydroxyl groups is 1. The zero-order chi connectivity index (χ0) is 27.4. The van der Waals surface area contributed by atoms with Gasteiger partial charge >= 0.3 is 0 Å². The minimum absolute atomic E-state index is 0.0260. The number of hydrogen-bond donors (Lipinski definition) is 1. The van der Waals surface area contributed by atoms with Crippen molar-refractivity contribution in [3.63, 3.8) is 0 Å². The third-order valence-electron chi connectivity index (χ3n) is 6.17. The van der Waals surface area contributed by atoms with Crippen LogP contribution in [-0.2, 0) is 16.0 Å². The number of Topliss-reactive ketones (excluding diaryl/α,β-unsaturated/α-hetero) is 1. The summed E-state index contributed by atoms with van der Waals surface area (Å²) >= 11 is 6.40. The molecule has 8 heteroatoms. The highest BCUT2D eigenvalue weighted by Crippen LogP contribution is 2.41. The number of hydrogen-bond acceptors (Lipinski definition) is 5. The molecule has 1 N–H and O–H groups in total. The standard InChI is InChI=1S/C30H29ClFNO5/c1-4-37-23-13-14-25(31)24(17-23)28(34)26-27(20-7-11-22(12-8-20)38-18(2)3)33(30(36)29(26)35)16-15-19-5-9-21(32)10-6-19/h5-14,17-18,27,34H,4,15-16H2,1-3H3/b28-26+. The summed E-state index contributed by atoms with van der Waals surface area (Å²) in [6.07, 6.45) is 0.362. The summed E-state index contributed by atoms with van der Waals surface area (Å²) in [6, 6.07) is 16.9. The van der Waals surface area contributed by atoms with Gasteiger partial charge in [0.1, 0.15) is 23.1 Å². The molecule has 0 aliphatic carbocycles. The molecule has 0 aromatic heterocycles. The zero-order valence-corrected chi connectivity index (χ0v) is 22.2. The van der Waals surface area contributed by atoms with Gasteiger partial charge in [-0.2, -0.15) is 0 Å². The molecule has 0 saturated carbocycles. The summed E-state index contributed by atoms with van der Waals surface area (Å²) in [5.41, 5.74) is 1.55. The van der Waals surface area contributed by atoms with Crippen LogP contribution in [0.4, 0.5) is 4.39 Å². The fourth-order valence-corrected chi connectivity index (χ4v) is 4.65. The molecule has 4 rings (SSSR count). The lowest BCUT2D eigenvalue weighted by atomic mass is 9.95. The Hall–Kier alpha value is -3.84. The molecule has 1 atom stereocenters. The smallest absolute Gasteiger partial charge is 0.295 e. The summed E-state index contributed by atoms with van der Waals surface area (Å²) < 4.78 is 24.7. The van der Waals surface area contributed by atoms with Crippen molar-refractivity contribution in [1.82, 2.24) is 4.90 Å². The van der Waals surface area contributed by atoms with Crippen molar-refractivity contribution in [3.8, 4) is 11.5 Å². The SMILES string of the molecule is CCOc1ccc(Cl)c(/C(O)=C2\C(=O)C(=O)N(CCc3ccc(F)cc3)C2c2ccc(OC(C)C)cc2)c1. The van der Waals surface area contributed by atoms with Crippen LogP contribution in [-0.4, -0.2) is 41.0 Å². The van der Waals surface area contributed by atoms with Crippen LogP contribution in [0.25, 0.3) is 5.76 Å². The van der Waals surface area contributed by atoms with Gasteiger partial charge in [-0.15, -0.1) is 0 Å². The van der Waals surface area contributed by atoms with Crippen LogP contribution in [0.1, 0.15) is 43.5 Å². The van der Waals surface area contributed by atoms with E-state index in [4.69, 9.17) is 21.1 Å². The molecular formula is C30H29ClFNO5. The lowest BCUT2D eigenvalue weighted by Crippen LogP contribution is -2.31. The maximum Gasteiger partial charge on any atom is 0.295 e. The van der Waals surface area contributed by atoms with Gasteiger partial charge in [-0.1, -0.05) is 35.9 Å². The van der Waals surface area contributed by atoms with Gasteiger partial charge in [0.2, 0.25) is 0 Å². The number of ketones is 1. The maximum absolute atomic E-state index is 13.4. The van der Waals surface area contributed by atoms with Crippen LogP contribution in [0.15, 0.2) is 72.3 Å². The molecule has 0 bridgehead atoms. The molecule has 1 amide bonds. The quantitative estimate of drug-likeness (QED) is 0.196. The summed E-state index contributed by atoms with van der Waals surface area (Å²) in [6.45, 7) is 6.24. The van der Waals surface area contributed by atoms with E-state index in [0.29, 0.717) is 30.1 Å². The van der Waals surface area contributed by atoms with Crippen molar-refractivity contribution in [2.75, 3.05) is 13.2 Å². The van der Waals surface area contributed by atoms with Crippen molar-refractivity contribution < 1.29 is 28.6 Å². The molecule has 38 heavy (non-hydrogen) atoms. The van der Waals surface area contributed by atoms with Crippen molar-refractivity contribution in [3.05, 3.63) is 99.8 Å². The van der Waals surface area contributed by atoms with Crippen LogP contribution in [0, 0.1) is 5.82 Å². The van der Waals surface area contributed by atoms with Crippen LogP contribution in [0.3, 0.4) is 0 Å². The van der Waals surface area contributed by atoms with Crippen molar-refractivity contribution in [2.45, 2.75) is 39.3 Å². The summed E-state index contributed by atoms with van der Waals surface area (Å²) in [7, 11) is 0. The molecule has 1 saturated heterocycles. The first-order chi connectivity index (χ1) is 18.2. The average molecular weight is 538 g/mol. The third kappa shape index (κ3) is 5.83. The van der Waals surface area contributed by atoms with E-state index < -0.39 is 17.7 Å². The lowest BCUT2D eigenvalue weighted by molar-refractivity contribution is -0.139. The van der Waals surface area contributed by atoms with Crippen LogP contribution >= 0.6 is 11.6 Å². The fraction of sp³-hybridized carbons (Fsp3) is 0.267. The van der Waals surface area contributed by atoms with E-state index in [-0.39, 0.29) is 40.4 Å². The van der Waals surface area contributed by atoms with E-state index in [1.165, 1.54) is 17.0 Å². The van der Waals surface area contributed by atoms with Crippen LogP contribution in [0.2, 0.25) is 5.02 Å². The van der Waals surface area contributed by atoms with E-state index in [2.05, 4.69) is 0 Å². The minimum atomic E-state index is -0.865. The van der Waals surface area contributed by atoms with Crippen LogP contribution < -0.4 is 9.47 Å². The number of ether oxygens (including phenoxy) is 2. The number of amides is 1. The molecular weight excluding hydrogens is 509 g/mol. The topological polar surface area (TPSA) is 76.1 Å². The maximum atomic E-state index is 13.4. The minimum Gasteiger partial charge on any atom is -0.507 e. The zero-order valence-electron chi connectivity index (χ0n) is 21.4. The van der Waals surface area contributed by atoms with E-state index in [1.807, 2.05) is 20.8 Å². The molecule has 3 aromatic rings. The molecule has 3 aromatic carbocycles. The fourth-order valence-electron chi connectivity index (χ4n) is 4.45. The number of carbonyl (C=O) groups excluding carboxylic acids is 2. The molecule has 1 aliphatic heterocycles. The highest BCUT2D eigenvalue weighted by atomic mass is 35.5. The van der Waals surface area contributed by atoms with Gasteiger partial charge < -0.3 is 19.5 Å². The van der Waals surface area contributed by atoms with E-state index >= 15 is 0 Å². The second-order valence-corrected chi connectivity index (χ2v) is 9.59. The molecule has 1 aliphatic rings. The van der Waals surface area contributed by atoms with Crippen molar-refractivity contribution >= 4 is 29.1 Å². The molecule has 0 radical (unpaired) electrons. The largest absolute Gasteiger partial charge is 0.507 e. The predicted molar refractivity (Wildman–Crippen MR) is 144 cm³/mol. The molecule has 1 unspecified atom stereocenters. The predicted octanol–water partition coefficient (Wildman–Crippen LogP) is 6.33. The Balaban J connectivity index is 1.79. The normalized spacial score (nSPS) is 16.8. The first kappa shape index (κ1) is 27.2. The Kier molecular flexibility index (Phi) is 8.37. The number of carbonyl (C=O) groups is 2. The van der Waals surface area contributed by atoms with Gasteiger partial charge in [-0.3, -0.25) is 9.59 Å². The molecule has 198 valence electrons. The summed E-state index contributed by atoms with van der Waals surface area (Å²) in [4.78, 5) is 28.0. The Morgan fingerprint density at radius 2 is 1.68 bits per heavy atom. The summed E-state index contributed by atoms with van der Waals surface area (Å²) in [5.74, 6) is -1.18. The Morgan fingerprint density at radius 3 is 2.32 bits per heavy atom. The second kappa shape index (κ2) is 11.7. The Morgan fingerprint density at radius 1 is 1.03 bits per heavy atom. The highest BCUT2D eigenvalue weighted by Gasteiger charge is 2.46. The monoisotopic (exact) mass is 537 g/mol. The lowest BCUT2D eigenvalue weighted by Gasteiger charge is -2.26. The van der Waals surface area contributed by atoms with Gasteiger partial charge in [-0.05, 0) is 80.8 Å².